The van der Waals surface area contributed by atoms with Crippen molar-refractivity contribution in [2.45, 2.75) is 12.5 Å². The van der Waals surface area contributed by atoms with Gasteiger partial charge in [0.1, 0.15) is 6.04 Å². The van der Waals surface area contributed by atoms with Crippen LogP contribution < -0.4 is 5.32 Å². The molecule has 1 saturated carbocycles. The van der Waals surface area contributed by atoms with Crippen LogP contribution in [0.2, 0.25) is 0 Å². The lowest BCUT2D eigenvalue weighted by Crippen LogP contribution is -2.42. The van der Waals surface area contributed by atoms with Crippen molar-refractivity contribution in [2.24, 2.45) is 11.8 Å². The normalized spacial score (nSPS) is 25.6. The fraction of sp³-hybridized carbons (Fsp3) is 0.625. The van der Waals surface area contributed by atoms with Gasteiger partial charge in [0.15, 0.2) is 0 Å². The molecule has 1 rings (SSSR count). The van der Waals surface area contributed by atoms with Crippen LogP contribution in [-0.4, -0.2) is 45.8 Å². The molecule has 0 aromatic rings. The Kier molecular flexibility index (Phi) is 3.25. The summed E-state index contributed by atoms with van der Waals surface area (Å²) in [4.78, 5) is 31.4. The van der Waals surface area contributed by atoms with E-state index in [1.54, 1.807) is 0 Å². The zero-order valence-corrected chi connectivity index (χ0v) is 7.71. The SMILES string of the molecule is O=C(O)CNC(C(=O)O)C1CC1C(=O)O. The molecule has 0 radical (unpaired) electrons. The van der Waals surface area contributed by atoms with Gasteiger partial charge in [0.2, 0.25) is 0 Å². The second-order valence-corrected chi connectivity index (χ2v) is 3.43. The number of hydrogen-bond donors (Lipinski definition) is 4. The molecule has 3 atom stereocenters. The number of carboxylic acid groups (broad SMARTS) is 3. The lowest BCUT2D eigenvalue weighted by Gasteiger charge is -2.11. The Morgan fingerprint density at radius 2 is 1.87 bits per heavy atom. The van der Waals surface area contributed by atoms with Crippen molar-refractivity contribution in [1.82, 2.24) is 5.32 Å². The quantitative estimate of drug-likeness (QED) is 0.442. The summed E-state index contributed by atoms with van der Waals surface area (Å²) < 4.78 is 0. The van der Waals surface area contributed by atoms with Crippen LogP contribution in [0.4, 0.5) is 0 Å². The van der Waals surface area contributed by atoms with Crippen molar-refractivity contribution >= 4 is 17.9 Å². The van der Waals surface area contributed by atoms with Gasteiger partial charge >= 0.3 is 17.9 Å². The largest absolute Gasteiger partial charge is 0.481 e. The average molecular weight is 217 g/mol. The molecule has 1 fully saturated rings. The maximum atomic E-state index is 10.7. The molecule has 15 heavy (non-hydrogen) atoms. The van der Waals surface area contributed by atoms with Gasteiger partial charge < -0.3 is 15.3 Å². The minimum atomic E-state index is -1.22. The van der Waals surface area contributed by atoms with Gasteiger partial charge in [-0.3, -0.25) is 19.7 Å². The Morgan fingerprint density at radius 3 is 2.20 bits per heavy atom. The molecule has 0 saturated heterocycles. The summed E-state index contributed by atoms with van der Waals surface area (Å²) in [7, 11) is 0. The van der Waals surface area contributed by atoms with Gasteiger partial charge in [-0.15, -0.1) is 0 Å². The molecule has 0 heterocycles. The molecule has 7 nitrogen and oxygen atoms in total. The molecular formula is C8H11NO6. The zero-order chi connectivity index (χ0) is 11.6. The standard InChI is InChI=1S/C8H11NO6/c10-5(11)2-9-6(8(14)15)3-1-4(3)7(12)13/h3-4,6,9H,1-2H2,(H,10,11)(H,12,13)(H,14,15). The highest BCUT2D eigenvalue weighted by Gasteiger charge is 2.50. The third-order valence-corrected chi connectivity index (χ3v) is 2.32. The first-order chi connectivity index (χ1) is 6.93. The minimum absolute atomic E-state index is 0.277. The summed E-state index contributed by atoms with van der Waals surface area (Å²) in [5.41, 5.74) is 0. The second kappa shape index (κ2) is 4.26. The molecule has 0 spiro atoms. The van der Waals surface area contributed by atoms with Gasteiger partial charge in [0, 0.05) is 0 Å². The van der Waals surface area contributed by atoms with Crippen molar-refractivity contribution < 1.29 is 29.7 Å². The zero-order valence-electron chi connectivity index (χ0n) is 7.71. The third kappa shape index (κ3) is 2.91. The first kappa shape index (κ1) is 11.4. The van der Waals surface area contributed by atoms with Crippen molar-refractivity contribution in [1.29, 1.82) is 0 Å². The molecule has 0 bridgehead atoms. The van der Waals surface area contributed by atoms with Crippen molar-refractivity contribution in [3.05, 3.63) is 0 Å². The van der Waals surface area contributed by atoms with E-state index in [0.717, 1.165) is 0 Å². The minimum Gasteiger partial charge on any atom is -0.481 e. The molecular weight excluding hydrogens is 206 g/mol. The van der Waals surface area contributed by atoms with Crippen LogP contribution in [0.5, 0.6) is 0 Å². The number of rotatable bonds is 6. The molecule has 0 aromatic carbocycles. The van der Waals surface area contributed by atoms with Gasteiger partial charge in [-0.05, 0) is 12.3 Å². The predicted molar refractivity (Wildman–Crippen MR) is 46.3 cm³/mol. The summed E-state index contributed by atoms with van der Waals surface area (Å²) in [5, 5.41) is 28.0. The molecule has 7 heteroatoms. The fourth-order valence-electron chi connectivity index (χ4n) is 1.49. The lowest BCUT2D eigenvalue weighted by atomic mass is 10.1. The van der Waals surface area contributed by atoms with Crippen LogP contribution in [0.3, 0.4) is 0 Å². The molecule has 1 aliphatic carbocycles. The van der Waals surface area contributed by atoms with E-state index in [2.05, 4.69) is 5.32 Å². The molecule has 3 unspecified atom stereocenters. The van der Waals surface area contributed by atoms with Crippen molar-refractivity contribution in [3.63, 3.8) is 0 Å². The van der Waals surface area contributed by atoms with Gasteiger partial charge in [-0.25, -0.2) is 0 Å². The van der Waals surface area contributed by atoms with E-state index in [4.69, 9.17) is 15.3 Å². The van der Waals surface area contributed by atoms with Crippen LogP contribution in [-0.2, 0) is 14.4 Å². The molecule has 0 amide bonds. The summed E-state index contributed by atoms with van der Waals surface area (Å²) in [6.45, 7) is -0.486. The van der Waals surface area contributed by atoms with E-state index in [1.165, 1.54) is 0 Å². The summed E-state index contributed by atoms with van der Waals surface area (Å²) in [6, 6.07) is -1.10. The lowest BCUT2D eigenvalue weighted by molar-refractivity contribution is -0.141. The number of hydrogen-bond acceptors (Lipinski definition) is 4. The first-order valence-electron chi connectivity index (χ1n) is 4.34. The van der Waals surface area contributed by atoms with Crippen LogP contribution >= 0.6 is 0 Å². The van der Waals surface area contributed by atoms with E-state index < -0.39 is 42.3 Å². The third-order valence-electron chi connectivity index (χ3n) is 2.32. The van der Waals surface area contributed by atoms with Crippen molar-refractivity contribution in [2.75, 3.05) is 6.54 Å². The number of carboxylic acids is 3. The van der Waals surface area contributed by atoms with Gasteiger partial charge in [0.25, 0.3) is 0 Å². The molecule has 0 aliphatic heterocycles. The van der Waals surface area contributed by atoms with E-state index in [9.17, 15) is 14.4 Å². The highest BCUT2D eigenvalue weighted by atomic mass is 16.4. The van der Waals surface area contributed by atoms with Gasteiger partial charge in [-0.1, -0.05) is 0 Å². The highest BCUT2D eigenvalue weighted by Crippen LogP contribution is 2.41. The Labute approximate surface area is 84.7 Å². The van der Waals surface area contributed by atoms with E-state index in [-0.39, 0.29) is 6.42 Å². The smallest absolute Gasteiger partial charge is 0.321 e. The van der Waals surface area contributed by atoms with Gasteiger partial charge in [-0.2, -0.15) is 0 Å². The second-order valence-electron chi connectivity index (χ2n) is 3.43. The Bertz CT molecular complexity index is 302. The van der Waals surface area contributed by atoms with Crippen LogP contribution in [0.25, 0.3) is 0 Å². The monoisotopic (exact) mass is 217 g/mol. The summed E-state index contributed by atoms with van der Waals surface area (Å²) >= 11 is 0. The maximum absolute atomic E-state index is 10.7. The molecule has 84 valence electrons. The summed E-state index contributed by atoms with van der Waals surface area (Å²) in [6.07, 6.45) is 0.277. The topological polar surface area (TPSA) is 124 Å². The van der Waals surface area contributed by atoms with E-state index in [0.29, 0.717) is 0 Å². The Balaban J connectivity index is 2.50. The van der Waals surface area contributed by atoms with Crippen LogP contribution in [0.15, 0.2) is 0 Å². The van der Waals surface area contributed by atoms with Gasteiger partial charge in [0.05, 0.1) is 12.5 Å². The number of carbonyl (C=O) groups is 3. The molecule has 1 aliphatic rings. The average Bonchev–Trinajstić information content (AvgIpc) is 2.83. The Hall–Kier alpha value is -1.63. The van der Waals surface area contributed by atoms with Crippen LogP contribution in [0, 0.1) is 11.8 Å². The fourth-order valence-corrected chi connectivity index (χ4v) is 1.49. The number of aliphatic carboxylic acids is 3. The number of nitrogens with one attached hydrogen (secondary N) is 1. The Morgan fingerprint density at radius 1 is 1.27 bits per heavy atom. The van der Waals surface area contributed by atoms with E-state index >= 15 is 0 Å². The van der Waals surface area contributed by atoms with Crippen molar-refractivity contribution in [3.8, 4) is 0 Å². The van der Waals surface area contributed by atoms with E-state index in [1.807, 2.05) is 0 Å². The maximum Gasteiger partial charge on any atom is 0.321 e. The van der Waals surface area contributed by atoms with Crippen LogP contribution in [0.1, 0.15) is 6.42 Å². The highest BCUT2D eigenvalue weighted by molar-refractivity contribution is 5.80. The molecule has 4 N–H and O–H groups in total. The first-order valence-corrected chi connectivity index (χ1v) is 4.34. The summed E-state index contributed by atoms with van der Waals surface area (Å²) in [5.74, 6) is -4.62. The predicted octanol–water partition coefficient (Wildman–Crippen LogP) is -1.17. The molecule has 0 aromatic heterocycles.